The fraction of sp³-hybridized carbons (Fsp3) is 0.333. The van der Waals surface area contributed by atoms with E-state index in [1.54, 1.807) is 29.2 Å². The van der Waals surface area contributed by atoms with Crippen molar-refractivity contribution in [2.24, 2.45) is 0 Å². The second-order valence-electron chi connectivity index (χ2n) is 6.56. The zero-order valence-corrected chi connectivity index (χ0v) is 15.9. The van der Waals surface area contributed by atoms with Crippen LogP contribution in [0.2, 0.25) is 0 Å². The average molecular weight is 405 g/mol. The lowest BCUT2D eigenvalue weighted by molar-refractivity contribution is -0.128. The van der Waals surface area contributed by atoms with Crippen LogP contribution in [0.1, 0.15) is 34.3 Å². The highest BCUT2D eigenvalue weighted by Crippen LogP contribution is 2.29. The van der Waals surface area contributed by atoms with Gasteiger partial charge < -0.3 is 19.1 Å². The molecule has 2 aromatic rings. The third-order valence-electron chi connectivity index (χ3n) is 4.55. The first kappa shape index (κ1) is 20.6. The Bertz CT molecular complexity index is 870. The van der Waals surface area contributed by atoms with Gasteiger partial charge in [0.15, 0.2) is 11.5 Å². The number of ether oxygens (including phenoxy) is 3. The van der Waals surface area contributed by atoms with Crippen molar-refractivity contribution < 1.29 is 32.6 Å². The third kappa shape index (κ3) is 5.43. The molecule has 8 heteroatoms. The number of hydrogen-bond donors (Lipinski definition) is 0. The minimum Gasteiger partial charge on any atom is -0.493 e. The molecule has 1 aliphatic rings. The molecule has 29 heavy (non-hydrogen) atoms. The van der Waals surface area contributed by atoms with Gasteiger partial charge in [0.25, 0.3) is 0 Å². The van der Waals surface area contributed by atoms with Crippen molar-refractivity contribution in [2.75, 3.05) is 13.7 Å². The van der Waals surface area contributed by atoms with Crippen molar-refractivity contribution in [3.05, 3.63) is 59.2 Å². The summed E-state index contributed by atoms with van der Waals surface area (Å²) in [4.78, 5) is 25.7. The van der Waals surface area contributed by atoms with Crippen molar-refractivity contribution in [1.82, 2.24) is 4.90 Å². The van der Waals surface area contributed by atoms with Crippen LogP contribution in [0, 0.1) is 0 Å². The highest BCUT2D eigenvalue weighted by atomic mass is 19.3. The number of methoxy groups -OCH3 is 1. The summed E-state index contributed by atoms with van der Waals surface area (Å²) < 4.78 is 39.4. The second kappa shape index (κ2) is 9.36. The molecule has 3 rings (SSSR count). The molecule has 6 nitrogen and oxygen atoms in total. The molecule has 1 aliphatic heterocycles. The summed E-state index contributed by atoms with van der Waals surface area (Å²) >= 11 is 0. The van der Waals surface area contributed by atoms with E-state index in [2.05, 4.69) is 4.74 Å². The Labute approximate surface area is 167 Å². The number of esters is 1. The van der Waals surface area contributed by atoms with Gasteiger partial charge in [-0.05, 0) is 41.8 Å². The van der Waals surface area contributed by atoms with Crippen LogP contribution in [0.25, 0.3) is 0 Å². The van der Waals surface area contributed by atoms with Crippen LogP contribution in [0.3, 0.4) is 0 Å². The molecule has 0 radical (unpaired) electrons. The standard InChI is InChI=1S/C21H21F2NO5/c1-27-18-11-15(6-9-17(18)29-21(22)23)13-28-20(26)16-7-4-14(5-8-16)12-24-10-2-3-19(24)25/h4-9,11,21H,2-3,10,12-13H2,1H3. The van der Waals surface area contributed by atoms with Gasteiger partial charge in [-0.25, -0.2) is 4.79 Å². The maximum Gasteiger partial charge on any atom is 0.387 e. The molecule has 0 aromatic heterocycles. The van der Waals surface area contributed by atoms with E-state index >= 15 is 0 Å². The molecule has 0 saturated carbocycles. The minimum atomic E-state index is -2.96. The van der Waals surface area contributed by atoms with E-state index in [1.165, 1.54) is 25.3 Å². The number of carbonyl (C=O) groups is 2. The topological polar surface area (TPSA) is 65.1 Å². The predicted molar refractivity (Wildman–Crippen MR) is 99.8 cm³/mol. The number of carbonyl (C=O) groups excluding carboxylic acids is 2. The number of hydrogen-bond acceptors (Lipinski definition) is 5. The Morgan fingerprint density at radius 3 is 2.45 bits per heavy atom. The molecule has 0 aliphatic carbocycles. The van der Waals surface area contributed by atoms with Crippen LogP contribution in [-0.2, 0) is 22.7 Å². The minimum absolute atomic E-state index is 0.0474. The maximum atomic E-state index is 12.4. The van der Waals surface area contributed by atoms with Gasteiger partial charge in [-0.2, -0.15) is 8.78 Å². The van der Waals surface area contributed by atoms with Gasteiger partial charge in [-0.15, -0.1) is 0 Å². The number of alkyl halides is 2. The van der Waals surface area contributed by atoms with Gasteiger partial charge in [0, 0.05) is 19.5 Å². The van der Waals surface area contributed by atoms with E-state index in [-0.39, 0.29) is 24.0 Å². The van der Waals surface area contributed by atoms with E-state index in [9.17, 15) is 18.4 Å². The lowest BCUT2D eigenvalue weighted by Gasteiger charge is -2.15. The number of rotatable bonds is 8. The summed E-state index contributed by atoms with van der Waals surface area (Å²) in [5.41, 5.74) is 1.89. The van der Waals surface area contributed by atoms with Crippen LogP contribution < -0.4 is 9.47 Å². The summed E-state index contributed by atoms with van der Waals surface area (Å²) in [7, 11) is 1.33. The SMILES string of the molecule is COc1cc(COC(=O)c2ccc(CN3CCCC3=O)cc2)ccc1OC(F)F. The van der Waals surface area contributed by atoms with E-state index in [0.717, 1.165) is 18.5 Å². The van der Waals surface area contributed by atoms with Crippen molar-refractivity contribution in [2.45, 2.75) is 32.6 Å². The Kier molecular flexibility index (Phi) is 6.64. The number of amides is 1. The lowest BCUT2D eigenvalue weighted by atomic mass is 10.1. The number of likely N-dealkylation sites (tertiary alicyclic amines) is 1. The molecule has 0 N–H and O–H groups in total. The Balaban J connectivity index is 1.57. The van der Waals surface area contributed by atoms with Gasteiger partial charge in [-0.1, -0.05) is 18.2 Å². The molecule has 1 heterocycles. The smallest absolute Gasteiger partial charge is 0.387 e. The van der Waals surface area contributed by atoms with Gasteiger partial charge in [0.2, 0.25) is 5.91 Å². The highest BCUT2D eigenvalue weighted by molar-refractivity contribution is 5.89. The quantitative estimate of drug-likeness (QED) is 0.626. The summed E-state index contributed by atoms with van der Waals surface area (Å²) in [6.45, 7) is -1.72. The van der Waals surface area contributed by atoms with E-state index in [4.69, 9.17) is 9.47 Å². The van der Waals surface area contributed by atoms with Gasteiger partial charge in [-0.3, -0.25) is 4.79 Å². The molecule has 0 unspecified atom stereocenters. The van der Waals surface area contributed by atoms with Crippen molar-refractivity contribution in [1.29, 1.82) is 0 Å². The molecular formula is C21H21F2NO5. The number of benzene rings is 2. The summed E-state index contributed by atoms with van der Waals surface area (Å²) in [6.07, 6.45) is 1.47. The lowest BCUT2D eigenvalue weighted by Crippen LogP contribution is -2.23. The van der Waals surface area contributed by atoms with Gasteiger partial charge >= 0.3 is 12.6 Å². The first-order valence-corrected chi connectivity index (χ1v) is 9.12. The normalized spacial score (nSPS) is 13.7. The van der Waals surface area contributed by atoms with Crippen molar-refractivity contribution >= 4 is 11.9 Å². The monoisotopic (exact) mass is 405 g/mol. The second-order valence-corrected chi connectivity index (χ2v) is 6.56. The van der Waals surface area contributed by atoms with Crippen LogP contribution in [0.15, 0.2) is 42.5 Å². The number of halogens is 2. The molecule has 1 saturated heterocycles. The fourth-order valence-corrected chi connectivity index (χ4v) is 3.07. The fourth-order valence-electron chi connectivity index (χ4n) is 3.07. The van der Waals surface area contributed by atoms with Gasteiger partial charge in [0.1, 0.15) is 6.61 Å². The molecule has 154 valence electrons. The van der Waals surface area contributed by atoms with Crippen LogP contribution in [0.4, 0.5) is 8.78 Å². The van der Waals surface area contributed by atoms with E-state index in [1.807, 2.05) is 0 Å². The largest absolute Gasteiger partial charge is 0.493 e. The van der Waals surface area contributed by atoms with Crippen molar-refractivity contribution in [3.8, 4) is 11.5 Å². The highest BCUT2D eigenvalue weighted by Gasteiger charge is 2.20. The molecule has 0 atom stereocenters. The summed E-state index contributed by atoms with van der Waals surface area (Å²) in [5.74, 6) is -0.334. The van der Waals surface area contributed by atoms with Crippen LogP contribution in [0.5, 0.6) is 11.5 Å². The Morgan fingerprint density at radius 2 is 1.83 bits per heavy atom. The first-order valence-electron chi connectivity index (χ1n) is 9.12. The third-order valence-corrected chi connectivity index (χ3v) is 4.55. The average Bonchev–Trinajstić information content (AvgIpc) is 3.11. The molecule has 1 fully saturated rings. The molecule has 0 bridgehead atoms. The first-order chi connectivity index (χ1) is 14.0. The molecule has 0 spiro atoms. The summed E-state index contributed by atoms with van der Waals surface area (Å²) in [5, 5.41) is 0. The molecular weight excluding hydrogens is 384 g/mol. The zero-order chi connectivity index (χ0) is 20.8. The Hall–Kier alpha value is -3.16. The molecule has 2 aromatic carbocycles. The zero-order valence-electron chi connectivity index (χ0n) is 15.9. The maximum absolute atomic E-state index is 12.4. The van der Waals surface area contributed by atoms with E-state index in [0.29, 0.717) is 24.1 Å². The molecule has 1 amide bonds. The number of nitrogens with zero attached hydrogens (tertiary/aromatic N) is 1. The van der Waals surface area contributed by atoms with E-state index < -0.39 is 12.6 Å². The Morgan fingerprint density at radius 1 is 1.10 bits per heavy atom. The predicted octanol–water partition coefficient (Wildman–Crippen LogP) is 3.78. The van der Waals surface area contributed by atoms with Crippen LogP contribution in [-0.4, -0.2) is 37.0 Å². The van der Waals surface area contributed by atoms with Crippen LogP contribution >= 0.6 is 0 Å². The van der Waals surface area contributed by atoms with Gasteiger partial charge in [0.05, 0.1) is 12.7 Å². The summed E-state index contributed by atoms with van der Waals surface area (Å²) in [6, 6.07) is 11.2. The van der Waals surface area contributed by atoms with Crippen molar-refractivity contribution in [3.63, 3.8) is 0 Å².